The Kier molecular flexibility index (Phi) is 3.19. The van der Waals surface area contributed by atoms with E-state index in [1.807, 2.05) is 0 Å². The van der Waals surface area contributed by atoms with Crippen LogP contribution >= 0.6 is 8.25 Å². The van der Waals surface area contributed by atoms with Crippen molar-refractivity contribution in [3.05, 3.63) is 24.3 Å². The molecule has 0 spiro atoms. The van der Waals surface area contributed by atoms with Gasteiger partial charge in [0.05, 0.1) is 0 Å². The van der Waals surface area contributed by atoms with Gasteiger partial charge < -0.3 is 0 Å². The summed E-state index contributed by atoms with van der Waals surface area (Å²) < 4.78 is 20.2. The molecule has 0 saturated carbocycles. The van der Waals surface area contributed by atoms with E-state index in [0.29, 0.717) is 0 Å². The Morgan fingerprint density at radius 2 is 1.00 bits per heavy atom. The van der Waals surface area contributed by atoms with E-state index in [-0.39, 0.29) is 10.1 Å². The monoisotopic (exact) mass is 272 g/mol. The van der Waals surface area contributed by atoms with Gasteiger partial charge in [0.2, 0.25) is 0 Å². The third-order valence-corrected chi connectivity index (χ3v) is 2.53. The largest absolute Gasteiger partial charge is 0.362 e. The van der Waals surface area contributed by atoms with Crippen molar-refractivity contribution in [3.8, 4) is 0 Å². The highest BCUT2D eigenvalue weighted by molar-refractivity contribution is 7.33. The molecule has 0 aromatic rings. The first kappa shape index (κ1) is 12.4. The van der Waals surface area contributed by atoms with Crippen LogP contribution in [-0.2, 0) is 33.0 Å². The summed E-state index contributed by atoms with van der Waals surface area (Å²) in [4.78, 5) is 44.2. The van der Waals surface area contributed by atoms with Gasteiger partial charge in [-0.15, -0.1) is 10.1 Å². The number of carbonyl (C=O) groups excluding carboxylic acids is 4. The smallest absolute Gasteiger partial charge is 0.267 e. The number of rotatable bonds is 4. The standard InChI is InChI=1S/C8H5N2O7P/c11-5-1-2-6(12)9(5)16-18(15)17-10-7(13)3-4-8(10)14/h1-4,18H. The molecule has 0 unspecified atom stereocenters. The van der Waals surface area contributed by atoms with Gasteiger partial charge in [0.25, 0.3) is 23.6 Å². The van der Waals surface area contributed by atoms with Crippen LogP contribution in [0.25, 0.3) is 0 Å². The Morgan fingerprint density at radius 1 is 0.722 bits per heavy atom. The molecular formula is C8H5N2O7P. The molecule has 0 aromatic carbocycles. The van der Waals surface area contributed by atoms with Gasteiger partial charge in [-0.3, -0.25) is 23.7 Å². The highest BCUT2D eigenvalue weighted by atomic mass is 31.1. The van der Waals surface area contributed by atoms with Crippen LogP contribution in [0.3, 0.4) is 0 Å². The van der Waals surface area contributed by atoms with Gasteiger partial charge in [0.1, 0.15) is 0 Å². The molecule has 4 amide bonds. The zero-order valence-electron chi connectivity index (χ0n) is 8.56. The fraction of sp³-hybridized carbons (Fsp3) is 0. The van der Waals surface area contributed by atoms with Gasteiger partial charge in [0.15, 0.2) is 0 Å². The van der Waals surface area contributed by atoms with Crippen molar-refractivity contribution in [2.24, 2.45) is 0 Å². The lowest BCUT2D eigenvalue weighted by Crippen LogP contribution is -2.31. The highest BCUT2D eigenvalue weighted by Gasteiger charge is 2.31. The maximum atomic E-state index is 11.3. The van der Waals surface area contributed by atoms with Crippen LogP contribution in [0.1, 0.15) is 0 Å². The summed E-state index contributed by atoms with van der Waals surface area (Å²) in [5.41, 5.74) is 0. The predicted octanol–water partition coefficient (Wildman–Crippen LogP) is -0.911. The van der Waals surface area contributed by atoms with Crippen LogP contribution in [0.2, 0.25) is 0 Å². The zero-order valence-corrected chi connectivity index (χ0v) is 9.56. The Bertz CT molecular complexity index is 456. The third kappa shape index (κ3) is 2.28. The topological polar surface area (TPSA) is 110 Å². The second-order valence-electron chi connectivity index (χ2n) is 3.04. The molecule has 0 atom stereocenters. The van der Waals surface area contributed by atoms with Crippen molar-refractivity contribution in [1.82, 2.24) is 10.1 Å². The molecule has 2 rings (SSSR count). The second-order valence-corrected chi connectivity index (χ2v) is 3.91. The van der Waals surface area contributed by atoms with Crippen LogP contribution in [0.5, 0.6) is 0 Å². The summed E-state index contributed by atoms with van der Waals surface area (Å²) in [5, 5.41) is 0.416. The van der Waals surface area contributed by atoms with Gasteiger partial charge in [-0.05, 0) is 0 Å². The Balaban J connectivity index is 1.94. The van der Waals surface area contributed by atoms with Crippen molar-refractivity contribution in [2.45, 2.75) is 0 Å². The first-order chi connectivity index (χ1) is 8.49. The predicted molar refractivity (Wildman–Crippen MR) is 53.2 cm³/mol. The molecule has 10 heteroatoms. The van der Waals surface area contributed by atoms with E-state index in [1.165, 1.54) is 0 Å². The van der Waals surface area contributed by atoms with Crippen molar-refractivity contribution in [2.75, 3.05) is 0 Å². The quantitative estimate of drug-likeness (QED) is 0.481. The molecule has 0 fully saturated rings. The second kappa shape index (κ2) is 4.65. The lowest BCUT2D eigenvalue weighted by molar-refractivity contribution is -0.172. The van der Waals surface area contributed by atoms with E-state index < -0.39 is 31.9 Å². The minimum atomic E-state index is -3.45. The first-order valence-corrected chi connectivity index (χ1v) is 5.73. The van der Waals surface area contributed by atoms with E-state index in [4.69, 9.17) is 0 Å². The summed E-state index contributed by atoms with van der Waals surface area (Å²) in [5.74, 6) is -3.34. The third-order valence-electron chi connectivity index (χ3n) is 1.87. The van der Waals surface area contributed by atoms with Crippen LogP contribution < -0.4 is 0 Å². The molecule has 0 bridgehead atoms. The molecule has 2 heterocycles. The molecule has 2 aliphatic rings. The van der Waals surface area contributed by atoms with Gasteiger partial charge in [-0.25, -0.2) is 0 Å². The average Bonchev–Trinajstić information content (AvgIpc) is 2.79. The maximum absolute atomic E-state index is 11.3. The van der Waals surface area contributed by atoms with Crippen LogP contribution in [0.15, 0.2) is 24.3 Å². The summed E-state index contributed by atoms with van der Waals surface area (Å²) >= 11 is 0. The molecule has 0 aromatic heterocycles. The molecule has 0 aliphatic carbocycles. The van der Waals surface area contributed by atoms with E-state index >= 15 is 0 Å². The Hall–Kier alpha value is -2.09. The molecule has 0 radical (unpaired) electrons. The van der Waals surface area contributed by atoms with E-state index in [2.05, 4.69) is 9.25 Å². The number of hydrogen-bond acceptors (Lipinski definition) is 7. The van der Waals surface area contributed by atoms with Gasteiger partial charge >= 0.3 is 8.25 Å². The number of nitrogens with zero attached hydrogens (tertiary/aromatic N) is 2. The normalized spacial score (nSPS) is 18.9. The van der Waals surface area contributed by atoms with Crippen molar-refractivity contribution in [1.29, 1.82) is 0 Å². The molecule has 0 saturated heterocycles. The van der Waals surface area contributed by atoms with Gasteiger partial charge in [-0.2, -0.15) is 9.25 Å². The minimum Gasteiger partial charge on any atom is -0.267 e. The molecule has 0 N–H and O–H groups in total. The summed E-state index contributed by atoms with van der Waals surface area (Å²) in [6.07, 6.45) is 3.63. The highest BCUT2D eigenvalue weighted by Crippen LogP contribution is 2.30. The maximum Gasteiger partial charge on any atom is 0.362 e. The van der Waals surface area contributed by atoms with E-state index in [9.17, 15) is 23.7 Å². The van der Waals surface area contributed by atoms with Crippen LogP contribution in [0.4, 0.5) is 0 Å². The van der Waals surface area contributed by atoms with E-state index in [0.717, 1.165) is 24.3 Å². The molecule has 9 nitrogen and oxygen atoms in total. The fourth-order valence-electron chi connectivity index (χ4n) is 1.12. The Morgan fingerprint density at radius 3 is 1.28 bits per heavy atom. The summed E-state index contributed by atoms with van der Waals surface area (Å²) in [6.45, 7) is 0. The summed E-state index contributed by atoms with van der Waals surface area (Å²) in [6, 6.07) is 0. The number of hydroxylamine groups is 4. The van der Waals surface area contributed by atoms with Crippen molar-refractivity contribution in [3.63, 3.8) is 0 Å². The lowest BCUT2D eigenvalue weighted by Gasteiger charge is -2.15. The van der Waals surface area contributed by atoms with Crippen LogP contribution in [-0.4, -0.2) is 33.8 Å². The minimum absolute atomic E-state index is 0.208. The lowest BCUT2D eigenvalue weighted by atomic mass is 10.6. The molecular weight excluding hydrogens is 267 g/mol. The number of amides is 4. The van der Waals surface area contributed by atoms with Crippen LogP contribution in [0, 0.1) is 0 Å². The number of carbonyl (C=O) groups is 4. The van der Waals surface area contributed by atoms with Gasteiger partial charge in [0, 0.05) is 24.3 Å². The van der Waals surface area contributed by atoms with Gasteiger partial charge in [-0.1, -0.05) is 0 Å². The fourth-order valence-corrected chi connectivity index (χ4v) is 1.81. The summed E-state index contributed by atoms with van der Waals surface area (Å²) in [7, 11) is -3.45. The zero-order chi connectivity index (χ0) is 13.3. The number of imide groups is 2. The molecule has 94 valence electrons. The number of hydrogen-bond donors (Lipinski definition) is 0. The average molecular weight is 272 g/mol. The first-order valence-electron chi connectivity index (χ1n) is 4.51. The van der Waals surface area contributed by atoms with Crippen molar-refractivity contribution < 1.29 is 33.0 Å². The van der Waals surface area contributed by atoms with Crippen molar-refractivity contribution >= 4 is 31.9 Å². The SMILES string of the molecule is O=C1C=CC(=O)N1O[PH](=O)ON1C(=O)C=CC1=O. The molecule has 18 heavy (non-hydrogen) atoms. The molecule has 2 aliphatic heterocycles. The van der Waals surface area contributed by atoms with E-state index in [1.54, 1.807) is 0 Å². The Labute approximate surface area is 100 Å².